The van der Waals surface area contributed by atoms with E-state index in [0.29, 0.717) is 31.7 Å². The van der Waals surface area contributed by atoms with E-state index in [0.717, 1.165) is 22.6 Å². The molecule has 10 heteroatoms. The van der Waals surface area contributed by atoms with Gasteiger partial charge in [0, 0.05) is 32.7 Å². The quantitative estimate of drug-likeness (QED) is 0.665. The lowest BCUT2D eigenvalue weighted by Gasteiger charge is -2.35. The lowest BCUT2D eigenvalue weighted by atomic mass is 10.1. The number of halogens is 3. The van der Waals surface area contributed by atoms with E-state index < -0.39 is 42.1 Å². The molecule has 1 atom stereocenters. The van der Waals surface area contributed by atoms with Crippen molar-refractivity contribution in [2.75, 3.05) is 26.2 Å². The number of rotatable bonds is 6. The maximum absolute atomic E-state index is 13.3. The summed E-state index contributed by atoms with van der Waals surface area (Å²) in [5.74, 6) is -2.92. The number of fused-ring (bicyclic) bond motifs is 1. The van der Waals surface area contributed by atoms with Crippen LogP contribution >= 0.6 is 12.4 Å². The van der Waals surface area contributed by atoms with Crippen LogP contribution in [0.1, 0.15) is 11.1 Å². The molecule has 0 aromatic heterocycles. The lowest BCUT2D eigenvalue weighted by molar-refractivity contribution is -0.133. The van der Waals surface area contributed by atoms with Gasteiger partial charge in [-0.1, -0.05) is 36.4 Å². The van der Waals surface area contributed by atoms with Crippen molar-refractivity contribution in [2.24, 2.45) is 0 Å². The SMILES string of the molecule is Cl.O=C(CN1C(=O)C2CN(Cc3ccccc3)CCN2C1=O)NCc1ccc(F)c(F)c1. The molecule has 2 aliphatic rings. The fourth-order valence-electron chi connectivity index (χ4n) is 3.89. The number of urea groups is 1. The molecule has 0 radical (unpaired) electrons. The number of hydrogen-bond donors (Lipinski definition) is 1. The molecular weight excluding hydrogens is 442 g/mol. The molecule has 2 heterocycles. The summed E-state index contributed by atoms with van der Waals surface area (Å²) in [5.41, 5.74) is 1.50. The maximum Gasteiger partial charge on any atom is 0.328 e. The van der Waals surface area contributed by atoms with Crippen LogP contribution in [0.2, 0.25) is 0 Å². The Morgan fingerprint density at radius 1 is 1.00 bits per heavy atom. The molecule has 4 rings (SSSR count). The predicted molar refractivity (Wildman–Crippen MR) is 115 cm³/mol. The Balaban J connectivity index is 0.00000289. The Hall–Kier alpha value is -3.04. The minimum absolute atomic E-state index is 0. The van der Waals surface area contributed by atoms with E-state index in [4.69, 9.17) is 0 Å². The first kappa shape index (κ1) is 23.6. The smallest absolute Gasteiger partial charge is 0.328 e. The van der Waals surface area contributed by atoms with Crippen LogP contribution in [0.15, 0.2) is 48.5 Å². The molecule has 2 saturated heterocycles. The summed E-state index contributed by atoms with van der Waals surface area (Å²) in [6.07, 6.45) is 0. The molecule has 1 N–H and O–H groups in total. The summed E-state index contributed by atoms with van der Waals surface area (Å²) in [7, 11) is 0. The highest BCUT2D eigenvalue weighted by Gasteiger charge is 2.48. The molecule has 2 aliphatic heterocycles. The average Bonchev–Trinajstić information content (AvgIpc) is 3.00. The van der Waals surface area contributed by atoms with Crippen LogP contribution in [0, 0.1) is 11.6 Å². The van der Waals surface area contributed by atoms with Crippen molar-refractivity contribution in [3.63, 3.8) is 0 Å². The number of imide groups is 1. The molecule has 4 amide bonds. The molecular formula is C22H23ClF2N4O3. The zero-order chi connectivity index (χ0) is 22.0. The van der Waals surface area contributed by atoms with Crippen molar-refractivity contribution >= 4 is 30.3 Å². The highest BCUT2D eigenvalue weighted by molar-refractivity contribution is 6.06. The van der Waals surface area contributed by atoms with Crippen LogP contribution in [0.3, 0.4) is 0 Å². The van der Waals surface area contributed by atoms with Crippen LogP contribution in [0.25, 0.3) is 0 Å². The molecule has 7 nitrogen and oxygen atoms in total. The standard InChI is InChI=1S/C22H22F2N4O3.ClH/c23-17-7-6-16(10-18(17)24)11-25-20(29)14-28-21(30)19-13-26(8-9-27(19)22(28)31)12-15-4-2-1-3-5-15;/h1-7,10,19H,8-9,11-14H2,(H,25,29);1H. The van der Waals surface area contributed by atoms with Gasteiger partial charge in [-0.3, -0.25) is 19.4 Å². The molecule has 170 valence electrons. The van der Waals surface area contributed by atoms with E-state index in [1.54, 1.807) is 0 Å². The number of nitrogens with zero attached hydrogens (tertiary/aromatic N) is 3. The van der Waals surface area contributed by atoms with Crippen LogP contribution in [0.5, 0.6) is 0 Å². The van der Waals surface area contributed by atoms with Gasteiger partial charge in [-0.05, 0) is 23.3 Å². The fourth-order valence-corrected chi connectivity index (χ4v) is 3.89. The van der Waals surface area contributed by atoms with E-state index in [1.807, 2.05) is 30.3 Å². The van der Waals surface area contributed by atoms with Gasteiger partial charge in [0.15, 0.2) is 11.6 Å². The maximum atomic E-state index is 13.3. The molecule has 0 spiro atoms. The van der Waals surface area contributed by atoms with Crippen molar-refractivity contribution < 1.29 is 23.2 Å². The number of carbonyl (C=O) groups is 3. The summed E-state index contributed by atoms with van der Waals surface area (Å²) in [6, 6.07) is 12.1. The van der Waals surface area contributed by atoms with Crippen LogP contribution in [0.4, 0.5) is 13.6 Å². The van der Waals surface area contributed by atoms with Crippen LogP contribution < -0.4 is 5.32 Å². The molecule has 2 aromatic carbocycles. The number of nitrogens with one attached hydrogen (secondary N) is 1. The average molecular weight is 465 g/mol. The van der Waals surface area contributed by atoms with Crippen molar-refractivity contribution in [1.82, 2.24) is 20.0 Å². The molecule has 0 bridgehead atoms. The van der Waals surface area contributed by atoms with Gasteiger partial charge in [0.1, 0.15) is 12.6 Å². The monoisotopic (exact) mass is 464 g/mol. The van der Waals surface area contributed by atoms with Gasteiger partial charge in [-0.25, -0.2) is 13.6 Å². The van der Waals surface area contributed by atoms with Gasteiger partial charge >= 0.3 is 6.03 Å². The highest BCUT2D eigenvalue weighted by atomic mass is 35.5. The zero-order valence-electron chi connectivity index (χ0n) is 17.2. The van der Waals surface area contributed by atoms with E-state index in [9.17, 15) is 23.2 Å². The second-order valence-corrected chi connectivity index (χ2v) is 7.66. The van der Waals surface area contributed by atoms with E-state index in [1.165, 1.54) is 11.0 Å². The van der Waals surface area contributed by atoms with Crippen molar-refractivity contribution in [3.05, 3.63) is 71.3 Å². The van der Waals surface area contributed by atoms with E-state index in [-0.39, 0.29) is 19.0 Å². The van der Waals surface area contributed by atoms with Crippen LogP contribution in [-0.2, 0) is 22.7 Å². The second-order valence-electron chi connectivity index (χ2n) is 7.66. The molecule has 1 unspecified atom stereocenters. The Morgan fingerprint density at radius 2 is 1.75 bits per heavy atom. The summed E-state index contributed by atoms with van der Waals surface area (Å²) in [6.45, 7) is 1.70. The van der Waals surface area contributed by atoms with Gasteiger partial charge < -0.3 is 10.2 Å². The van der Waals surface area contributed by atoms with E-state index in [2.05, 4.69) is 10.2 Å². The van der Waals surface area contributed by atoms with Crippen molar-refractivity contribution in [3.8, 4) is 0 Å². The molecule has 32 heavy (non-hydrogen) atoms. The second kappa shape index (κ2) is 10.1. The van der Waals surface area contributed by atoms with E-state index >= 15 is 0 Å². The summed E-state index contributed by atoms with van der Waals surface area (Å²) < 4.78 is 26.3. The number of hydrogen-bond acceptors (Lipinski definition) is 4. The minimum atomic E-state index is -1.01. The van der Waals surface area contributed by atoms with Crippen LogP contribution in [-0.4, -0.2) is 64.8 Å². The normalized spacial score (nSPS) is 18.4. The number of carbonyl (C=O) groups excluding carboxylic acids is 3. The van der Waals surface area contributed by atoms with Gasteiger partial charge in [0.2, 0.25) is 5.91 Å². The predicted octanol–water partition coefficient (Wildman–Crippen LogP) is 2.15. The Kier molecular flexibility index (Phi) is 7.42. The third-order valence-corrected chi connectivity index (χ3v) is 5.52. The lowest BCUT2D eigenvalue weighted by Crippen LogP contribution is -2.52. The first-order valence-corrected chi connectivity index (χ1v) is 10.0. The van der Waals surface area contributed by atoms with Gasteiger partial charge in [-0.2, -0.15) is 0 Å². The Labute approximate surface area is 190 Å². The number of amides is 4. The van der Waals surface area contributed by atoms with Crippen molar-refractivity contribution in [1.29, 1.82) is 0 Å². The Morgan fingerprint density at radius 3 is 2.47 bits per heavy atom. The molecule has 2 aromatic rings. The number of piperazine rings is 1. The summed E-state index contributed by atoms with van der Waals surface area (Å²) >= 11 is 0. The summed E-state index contributed by atoms with van der Waals surface area (Å²) in [4.78, 5) is 42.3. The fraction of sp³-hybridized carbons (Fsp3) is 0.318. The third-order valence-electron chi connectivity index (χ3n) is 5.52. The largest absolute Gasteiger partial charge is 0.350 e. The third kappa shape index (κ3) is 5.05. The highest BCUT2D eigenvalue weighted by Crippen LogP contribution is 2.23. The first-order chi connectivity index (χ1) is 14.9. The van der Waals surface area contributed by atoms with Gasteiger partial charge in [0.05, 0.1) is 0 Å². The first-order valence-electron chi connectivity index (χ1n) is 10.0. The van der Waals surface area contributed by atoms with Crippen molar-refractivity contribution in [2.45, 2.75) is 19.1 Å². The van der Waals surface area contributed by atoms with Gasteiger partial charge in [0.25, 0.3) is 5.91 Å². The Bertz CT molecular complexity index is 1010. The molecule has 2 fully saturated rings. The zero-order valence-corrected chi connectivity index (χ0v) is 18.0. The topological polar surface area (TPSA) is 73.0 Å². The van der Waals surface area contributed by atoms with Gasteiger partial charge in [-0.15, -0.1) is 12.4 Å². The number of benzene rings is 2. The molecule has 0 aliphatic carbocycles. The summed E-state index contributed by atoms with van der Waals surface area (Å²) in [5, 5.41) is 2.53. The minimum Gasteiger partial charge on any atom is -0.350 e. The molecule has 0 saturated carbocycles.